The normalized spacial score (nSPS) is 16.2. The fourth-order valence-electron chi connectivity index (χ4n) is 2.29. The van der Waals surface area contributed by atoms with Crippen LogP contribution in [0.1, 0.15) is 11.6 Å². The van der Waals surface area contributed by atoms with Crippen LogP contribution in [-0.4, -0.2) is 10.8 Å². The van der Waals surface area contributed by atoms with Gasteiger partial charge >= 0.3 is 0 Å². The molecule has 1 unspecified atom stereocenters. The molecule has 0 aliphatic carbocycles. The highest BCUT2D eigenvalue weighted by molar-refractivity contribution is 6.04. The van der Waals surface area contributed by atoms with Gasteiger partial charge in [-0.05, 0) is 24.3 Å². The summed E-state index contributed by atoms with van der Waals surface area (Å²) in [7, 11) is 0. The van der Waals surface area contributed by atoms with Crippen molar-refractivity contribution < 1.29 is 14.1 Å². The molecule has 2 aromatic rings. The van der Waals surface area contributed by atoms with Crippen molar-refractivity contribution in [3.05, 3.63) is 64.0 Å². The highest BCUT2D eigenvalue weighted by Gasteiger charge is 2.32. The molecular weight excluding hydrogens is 277 g/mol. The maximum Gasteiger partial charge on any atom is 0.292 e. The first kappa shape index (κ1) is 13.0. The van der Waals surface area contributed by atoms with Gasteiger partial charge < -0.3 is 10.6 Å². The van der Waals surface area contributed by atoms with E-state index >= 15 is 0 Å². The molecular formula is C14H10FN3O3. The Morgan fingerprint density at radius 2 is 2.00 bits per heavy atom. The van der Waals surface area contributed by atoms with Crippen LogP contribution < -0.4 is 10.6 Å². The summed E-state index contributed by atoms with van der Waals surface area (Å²) >= 11 is 0. The summed E-state index contributed by atoms with van der Waals surface area (Å²) in [6.45, 7) is 0. The van der Waals surface area contributed by atoms with Gasteiger partial charge in [0.1, 0.15) is 17.5 Å². The number of amides is 1. The van der Waals surface area contributed by atoms with Gasteiger partial charge in [-0.15, -0.1) is 0 Å². The molecule has 2 aromatic carbocycles. The van der Waals surface area contributed by atoms with Gasteiger partial charge in [0.2, 0.25) is 0 Å². The summed E-state index contributed by atoms with van der Waals surface area (Å²) in [5.74, 6) is -0.853. The summed E-state index contributed by atoms with van der Waals surface area (Å²) in [4.78, 5) is 22.4. The smallest absolute Gasteiger partial charge is 0.292 e. The number of nitrogens with zero attached hydrogens (tertiary/aromatic N) is 1. The number of nitro groups is 1. The molecule has 21 heavy (non-hydrogen) atoms. The van der Waals surface area contributed by atoms with E-state index in [-0.39, 0.29) is 17.3 Å². The first-order chi connectivity index (χ1) is 10.1. The van der Waals surface area contributed by atoms with Crippen LogP contribution in [0.4, 0.5) is 21.5 Å². The fraction of sp³-hybridized carbons (Fsp3) is 0.0714. The number of anilines is 2. The van der Waals surface area contributed by atoms with E-state index in [1.165, 1.54) is 36.4 Å². The number of hydrogen-bond acceptors (Lipinski definition) is 4. The monoisotopic (exact) mass is 287 g/mol. The number of para-hydroxylation sites is 2. The van der Waals surface area contributed by atoms with Gasteiger partial charge in [0, 0.05) is 17.3 Å². The molecule has 2 N–H and O–H groups in total. The van der Waals surface area contributed by atoms with Gasteiger partial charge in [0.15, 0.2) is 0 Å². The van der Waals surface area contributed by atoms with Crippen molar-refractivity contribution in [3.8, 4) is 0 Å². The zero-order chi connectivity index (χ0) is 15.0. The zero-order valence-corrected chi connectivity index (χ0v) is 10.7. The lowest BCUT2D eigenvalue weighted by molar-refractivity contribution is -0.384. The van der Waals surface area contributed by atoms with Crippen LogP contribution in [0.3, 0.4) is 0 Å². The summed E-state index contributed by atoms with van der Waals surface area (Å²) < 4.78 is 13.3. The molecule has 0 fully saturated rings. The van der Waals surface area contributed by atoms with E-state index in [9.17, 15) is 19.3 Å². The van der Waals surface area contributed by atoms with E-state index < -0.39 is 16.8 Å². The lowest BCUT2D eigenvalue weighted by atomic mass is 10.1. The van der Waals surface area contributed by atoms with Crippen molar-refractivity contribution in [3.63, 3.8) is 0 Å². The number of halogens is 1. The number of carbonyl (C=O) groups excluding carboxylic acids is 1. The fourth-order valence-corrected chi connectivity index (χ4v) is 2.29. The van der Waals surface area contributed by atoms with E-state index in [0.29, 0.717) is 11.3 Å². The van der Waals surface area contributed by atoms with Gasteiger partial charge in [0.05, 0.1) is 4.92 Å². The quantitative estimate of drug-likeness (QED) is 0.671. The van der Waals surface area contributed by atoms with Crippen LogP contribution >= 0.6 is 0 Å². The Morgan fingerprint density at radius 3 is 2.76 bits per heavy atom. The Bertz CT molecular complexity index is 748. The lowest BCUT2D eigenvalue weighted by Crippen LogP contribution is -2.20. The van der Waals surface area contributed by atoms with Crippen molar-refractivity contribution in [2.45, 2.75) is 6.04 Å². The van der Waals surface area contributed by atoms with Crippen LogP contribution in [-0.2, 0) is 4.79 Å². The first-order valence-electron chi connectivity index (χ1n) is 6.16. The van der Waals surface area contributed by atoms with Crippen LogP contribution in [0, 0.1) is 15.9 Å². The molecule has 106 valence electrons. The lowest BCUT2D eigenvalue weighted by Gasteiger charge is -2.13. The van der Waals surface area contributed by atoms with Gasteiger partial charge in [-0.2, -0.15) is 0 Å². The molecule has 0 saturated carbocycles. The van der Waals surface area contributed by atoms with Gasteiger partial charge in [-0.3, -0.25) is 14.9 Å². The molecule has 0 radical (unpaired) electrons. The molecule has 0 spiro atoms. The van der Waals surface area contributed by atoms with Crippen molar-refractivity contribution in [2.75, 3.05) is 10.6 Å². The van der Waals surface area contributed by atoms with Crippen molar-refractivity contribution in [1.29, 1.82) is 0 Å². The minimum absolute atomic E-state index is 0.143. The van der Waals surface area contributed by atoms with E-state index in [0.717, 1.165) is 0 Å². The van der Waals surface area contributed by atoms with Crippen LogP contribution in [0.2, 0.25) is 0 Å². The largest absolute Gasteiger partial charge is 0.364 e. The molecule has 0 aromatic heterocycles. The Hall–Kier alpha value is -2.96. The highest BCUT2D eigenvalue weighted by atomic mass is 19.1. The van der Waals surface area contributed by atoms with E-state index in [1.54, 1.807) is 6.07 Å². The minimum Gasteiger partial charge on any atom is -0.364 e. The molecule has 1 aliphatic rings. The van der Waals surface area contributed by atoms with Crippen LogP contribution in [0.5, 0.6) is 0 Å². The summed E-state index contributed by atoms with van der Waals surface area (Å²) in [6.07, 6.45) is 0. The van der Waals surface area contributed by atoms with E-state index in [2.05, 4.69) is 10.6 Å². The Labute approximate surface area is 118 Å². The van der Waals surface area contributed by atoms with Gasteiger partial charge in [-0.25, -0.2) is 4.39 Å². The van der Waals surface area contributed by atoms with Gasteiger partial charge in [0.25, 0.3) is 11.6 Å². The maximum atomic E-state index is 13.3. The predicted octanol–water partition coefficient (Wildman–Crippen LogP) is 2.84. The molecule has 1 aliphatic heterocycles. The average Bonchev–Trinajstić information content (AvgIpc) is 2.75. The Balaban J connectivity index is 1.98. The topological polar surface area (TPSA) is 84.3 Å². The molecule has 0 saturated heterocycles. The third-order valence-corrected chi connectivity index (χ3v) is 3.25. The summed E-state index contributed by atoms with van der Waals surface area (Å²) in [6, 6.07) is 9.07. The zero-order valence-electron chi connectivity index (χ0n) is 10.7. The number of nitrogens with one attached hydrogen (secondary N) is 2. The van der Waals surface area contributed by atoms with Crippen molar-refractivity contribution in [1.82, 2.24) is 0 Å². The molecule has 6 nitrogen and oxygen atoms in total. The second kappa shape index (κ2) is 4.86. The Kier molecular flexibility index (Phi) is 3.02. The third-order valence-electron chi connectivity index (χ3n) is 3.25. The van der Waals surface area contributed by atoms with E-state index in [4.69, 9.17) is 0 Å². The number of nitro benzene ring substituents is 1. The molecule has 1 atom stereocenters. The number of rotatable bonds is 3. The third kappa shape index (κ3) is 2.29. The maximum absolute atomic E-state index is 13.3. The van der Waals surface area contributed by atoms with Crippen LogP contribution in [0.15, 0.2) is 42.5 Å². The average molecular weight is 287 g/mol. The number of hydrogen-bond donors (Lipinski definition) is 2. The predicted molar refractivity (Wildman–Crippen MR) is 74.5 cm³/mol. The number of benzene rings is 2. The number of carbonyl (C=O) groups is 1. The molecule has 1 heterocycles. The SMILES string of the molecule is O=C1Nc2ccc(F)cc2C1Nc1ccccc1[N+](=O)[O-]. The minimum atomic E-state index is -0.864. The van der Waals surface area contributed by atoms with Crippen molar-refractivity contribution >= 4 is 23.0 Å². The molecule has 1 amide bonds. The molecule has 0 bridgehead atoms. The summed E-state index contributed by atoms with van der Waals surface area (Å²) in [5.41, 5.74) is 0.991. The number of fused-ring (bicyclic) bond motifs is 1. The standard InChI is InChI=1S/C14H10FN3O3/c15-8-5-6-10-9(7-8)13(14(19)17-10)16-11-3-1-2-4-12(11)18(20)21/h1-7,13,16H,(H,17,19). The molecule has 7 heteroatoms. The van der Waals surface area contributed by atoms with E-state index in [1.807, 2.05) is 0 Å². The first-order valence-corrected chi connectivity index (χ1v) is 6.16. The summed E-state index contributed by atoms with van der Waals surface area (Å²) in [5, 5.41) is 16.4. The van der Waals surface area contributed by atoms with Gasteiger partial charge in [-0.1, -0.05) is 12.1 Å². The Morgan fingerprint density at radius 1 is 1.24 bits per heavy atom. The highest BCUT2D eigenvalue weighted by Crippen LogP contribution is 2.35. The second-order valence-corrected chi connectivity index (χ2v) is 4.57. The molecule has 3 rings (SSSR count). The second-order valence-electron chi connectivity index (χ2n) is 4.57. The van der Waals surface area contributed by atoms with Crippen molar-refractivity contribution in [2.24, 2.45) is 0 Å². The van der Waals surface area contributed by atoms with Crippen LogP contribution in [0.25, 0.3) is 0 Å².